The first-order valence-electron chi connectivity index (χ1n) is 4.72. The number of pyridine rings is 1. The third kappa shape index (κ3) is 3.69. The fourth-order valence-electron chi connectivity index (χ4n) is 1.26. The molecule has 0 bridgehead atoms. The van der Waals surface area contributed by atoms with E-state index in [1.165, 1.54) is 12.3 Å². The lowest BCUT2D eigenvalue weighted by Gasteiger charge is -2.13. The molecule has 1 aromatic heterocycles. The van der Waals surface area contributed by atoms with Crippen LogP contribution in [0.25, 0.3) is 0 Å². The second kappa shape index (κ2) is 5.48. The molecule has 0 saturated carbocycles. The predicted molar refractivity (Wildman–Crippen MR) is 57.3 cm³/mol. The summed E-state index contributed by atoms with van der Waals surface area (Å²) in [6, 6.07) is 1.18. The van der Waals surface area contributed by atoms with E-state index in [0.717, 1.165) is 0 Å². The molecule has 0 N–H and O–H groups in total. The molecule has 0 amide bonds. The van der Waals surface area contributed by atoms with Gasteiger partial charge < -0.3 is 4.74 Å². The molecule has 0 spiro atoms. The van der Waals surface area contributed by atoms with Crippen LogP contribution < -0.4 is 0 Å². The summed E-state index contributed by atoms with van der Waals surface area (Å²) in [6.45, 7) is 1.70. The van der Waals surface area contributed by atoms with Crippen LogP contribution in [0.15, 0.2) is 16.7 Å². The summed E-state index contributed by atoms with van der Waals surface area (Å²) in [5, 5.41) is 0. The lowest BCUT2D eigenvalue weighted by molar-refractivity contribution is -0.143. The van der Waals surface area contributed by atoms with Gasteiger partial charge in [0.05, 0.1) is 24.3 Å². The second-order valence-electron chi connectivity index (χ2n) is 3.09. The van der Waals surface area contributed by atoms with Crippen molar-refractivity contribution >= 4 is 21.9 Å². The summed E-state index contributed by atoms with van der Waals surface area (Å²) in [5.41, 5.74) is -1.28. The zero-order valence-electron chi connectivity index (χ0n) is 8.84. The topological polar surface area (TPSA) is 39.2 Å². The molecule has 0 aromatic carbocycles. The minimum atomic E-state index is -4.56. The molecule has 0 aliphatic rings. The Hall–Kier alpha value is -1.11. The van der Waals surface area contributed by atoms with E-state index in [4.69, 9.17) is 0 Å². The number of alkyl halides is 3. The van der Waals surface area contributed by atoms with Crippen molar-refractivity contribution in [3.05, 3.63) is 28.0 Å². The van der Waals surface area contributed by atoms with E-state index in [1.807, 2.05) is 0 Å². The highest BCUT2D eigenvalue weighted by molar-refractivity contribution is 9.10. The first-order valence-corrected chi connectivity index (χ1v) is 5.51. The van der Waals surface area contributed by atoms with Gasteiger partial charge in [0.15, 0.2) is 0 Å². The summed E-state index contributed by atoms with van der Waals surface area (Å²) in [5.74, 6) is -0.733. The highest BCUT2D eigenvalue weighted by Crippen LogP contribution is 2.36. The second-order valence-corrected chi connectivity index (χ2v) is 3.95. The van der Waals surface area contributed by atoms with Crippen molar-refractivity contribution in [1.82, 2.24) is 4.98 Å². The van der Waals surface area contributed by atoms with Crippen LogP contribution in [0.1, 0.15) is 18.2 Å². The average molecular weight is 312 g/mol. The van der Waals surface area contributed by atoms with E-state index >= 15 is 0 Å². The number of carbonyl (C=O) groups excluding carboxylic acids is 1. The van der Waals surface area contributed by atoms with Gasteiger partial charge in [0.1, 0.15) is 0 Å². The summed E-state index contributed by atoms with van der Waals surface area (Å²) in [7, 11) is 0. The quantitative estimate of drug-likeness (QED) is 0.806. The van der Waals surface area contributed by atoms with Crippen molar-refractivity contribution in [2.45, 2.75) is 19.5 Å². The molecular formula is C10H9BrF3NO2. The smallest absolute Gasteiger partial charge is 0.419 e. The maximum absolute atomic E-state index is 12.7. The van der Waals surface area contributed by atoms with E-state index in [9.17, 15) is 18.0 Å². The van der Waals surface area contributed by atoms with Gasteiger partial charge in [0, 0.05) is 10.7 Å². The molecule has 0 unspecified atom stereocenters. The maximum Gasteiger partial charge on any atom is 0.419 e. The summed E-state index contributed by atoms with van der Waals surface area (Å²) in [4.78, 5) is 14.7. The van der Waals surface area contributed by atoms with Crippen LogP contribution >= 0.6 is 15.9 Å². The van der Waals surface area contributed by atoms with Gasteiger partial charge in [0.25, 0.3) is 0 Å². The summed E-state index contributed by atoms with van der Waals surface area (Å²) in [6.07, 6.45) is -3.86. The predicted octanol–water partition coefficient (Wildman–Crippen LogP) is 2.97. The minimum Gasteiger partial charge on any atom is -0.466 e. The van der Waals surface area contributed by atoms with Crippen molar-refractivity contribution < 1.29 is 22.7 Å². The number of rotatable bonds is 3. The number of ether oxygens (including phenoxy) is 1. The summed E-state index contributed by atoms with van der Waals surface area (Å²) < 4.78 is 42.6. The van der Waals surface area contributed by atoms with E-state index in [2.05, 4.69) is 25.7 Å². The Morgan fingerprint density at radius 3 is 2.71 bits per heavy atom. The van der Waals surface area contributed by atoms with Crippen molar-refractivity contribution in [3.63, 3.8) is 0 Å². The van der Waals surface area contributed by atoms with Crippen LogP contribution in [0.4, 0.5) is 13.2 Å². The van der Waals surface area contributed by atoms with Gasteiger partial charge in [-0.3, -0.25) is 9.78 Å². The fourth-order valence-corrected chi connectivity index (χ4v) is 1.83. The number of halogens is 4. The molecule has 94 valence electrons. The summed E-state index contributed by atoms with van der Waals surface area (Å²) >= 11 is 2.80. The van der Waals surface area contributed by atoms with Gasteiger partial charge in [-0.1, -0.05) is 15.9 Å². The van der Waals surface area contributed by atoms with Crippen LogP contribution in [0.3, 0.4) is 0 Å². The number of hydrogen-bond acceptors (Lipinski definition) is 3. The van der Waals surface area contributed by atoms with Gasteiger partial charge in [-0.05, 0) is 13.0 Å². The Morgan fingerprint density at radius 2 is 2.18 bits per heavy atom. The van der Waals surface area contributed by atoms with Crippen molar-refractivity contribution in [2.75, 3.05) is 6.61 Å². The number of carbonyl (C=O) groups is 1. The van der Waals surface area contributed by atoms with Gasteiger partial charge in [0.2, 0.25) is 0 Å². The SMILES string of the molecule is CCOC(=O)Cc1nccc(Br)c1C(F)(F)F. The van der Waals surface area contributed by atoms with Crippen molar-refractivity contribution in [2.24, 2.45) is 0 Å². The molecule has 1 rings (SSSR count). The third-order valence-electron chi connectivity index (χ3n) is 1.88. The molecule has 1 aromatic rings. The van der Waals surface area contributed by atoms with E-state index in [1.54, 1.807) is 6.92 Å². The molecule has 1 heterocycles. The van der Waals surface area contributed by atoms with E-state index in [0.29, 0.717) is 0 Å². The highest BCUT2D eigenvalue weighted by atomic mass is 79.9. The lowest BCUT2D eigenvalue weighted by Crippen LogP contribution is -2.16. The zero-order valence-corrected chi connectivity index (χ0v) is 10.4. The molecule has 7 heteroatoms. The van der Waals surface area contributed by atoms with Gasteiger partial charge >= 0.3 is 12.1 Å². The first kappa shape index (κ1) is 14.0. The molecule has 0 saturated heterocycles. The maximum atomic E-state index is 12.7. The van der Waals surface area contributed by atoms with Gasteiger partial charge in [-0.15, -0.1) is 0 Å². The van der Waals surface area contributed by atoms with E-state index in [-0.39, 0.29) is 16.8 Å². The van der Waals surface area contributed by atoms with Crippen molar-refractivity contribution in [1.29, 1.82) is 0 Å². The first-order chi connectivity index (χ1) is 7.86. The Labute approximate surface area is 104 Å². The number of esters is 1. The molecule has 0 radical (unpaired) electrons. The fraction of sp³-hybridized carbons (Fsp3) is 0.400. The molecule has 0 atom stereocenters. The highest BCUT2D eigenvalue weighted by Gasteiger charge is 2.36. The van der Waals surface area contributed by atoms with Crippen LogP contribution in [0.5, 0.6) is 0 Å². The van der Waals surface area contributed by atoms with Crippen LogP contribution in [0, 0.1) is 0 Å². The van der Waals surface area contributed by atoms with E-state index < -0.39 is 24.1 Å². The van der Waals surface area contributed by atoms with Crippen LogP contribution in [-0.2, 0) is 22.1 Å². The standard InChI is InChI=1S/C10H9BrF3NO2/c1-2-17-8(16)5-7-9(10(12,13)14)6(11)3-4-15-7/h3-4H,2,5H2,1H3. The molecule has 17 heavy (non-hydrogen) atoms. The molecule has 0 fully saturated rings. The number of nitrogens with zero attached hydrogens (tertiary/aromatic N) is 1. The lowest BCUT2D eigenvalue weighted by atomic mass is 10.1. The van der Waals surface area contributed by atoms with Crippen molar-refractivity contribution in [3.8, 4) is 0 Å². The van der Waals surface area contributed by atoms with Crippen LogP contribution in [0.2, 0.25) is 0 Å². The Bertz CT molecular complexity index is 421. The zero-order chi connectivity index (χ0) is 13.1. The molecule has 0 aliphatic carbocycles. The molecular weight excluding hydrogens is 303 g/mol. The Balaban J connectivity index is 3.08. The Kier molecular flexibility index (Phi) is 4.50. The average Bonchev–Trinajstić information content (AvgIpc) is 2.15. The molecule has 3 nitrogen and oxygen atoms in total. The van der Waals surface area contributed by atoms with Gasteiger partial charge in [-0.2, -0.15) is 13.2 Å². The minimum absolute atomic E-state index is 0.119. The Morgan fingerprint density at radius 1 is 1.53 bits per heavy atom. The molecule has 0 aliphatic heterocycles. The number of aromatic nitrogens is 1. The largest absolute Gasteiger partial charge is 0.466 e. The number of hydrogen-bond donors (Lipinski definition) is 0. The monoisotopic (exact) mass is 311 g/mol. The van der Waals surface area contributed by atoms with Crippen LogP contribution in [-0.4, -0.2) is 17.6 Å². The van der Waals surface area contributed by atoms with Gasteiger partial charge in [-0.25, -0.2) is 0 Å². The normalized spacial score (nSPS) is 11.4. The third-order valence-corrected chi connectivity index (χ3v) is 2.54.